The van der Waals surface area contributed by atoms with Crippen LogP contribution in [0.1, 0.15) is 124 Å². The number of nitrogens with two attached hydrogens (primary N) is 2. The molecule has 147 heavy (non-hydrogen) atoms. The van der Waals surface area contributed by atoms with E-state index in [-0.39, 0.29) is 67.9 Å². The molecule has 16 aromatic rings. The normalized spacial score (nSPS) is 10.9. The van der Waals surface area contributed by atoms with Crippen molar-refractivity contribution in [1.29, 1.82) is 0 Å². The van der Waals surface area contributed by atoms with Gasteiger partial charge in [-0.05, 0) is 266 Å². The molecule has 4 heterocycles. The minimum absolute atomic E-state index is 0. The smallest absolute Gasteiger partial charge is 0.870 e. The molecule has 0 saturated heterocycles. The molecule has 12 aromatic carbocycles. The summed E-state index contributed by atoms with van der Waals surface area (Å²) in [5, 5.41) is 16.0. The van der Waals surface area contributed by atoms with E-state index in [0.717, 1.165) is 181 Å². The van der Waals surface area contributed by atoms with Gasteiger partial charge < -0.3 is 92.9 Å². The Morgan fingerprint density at radius 1 is 0.367 bits per heavy atom. The van der Waals surface area contributed by atoms with Gasteiger partial charge in [0.25, 0.3) is 0 Å². The largest absolute Gasteiger partial charge is 1.00 e. The summed E-state index contributed by atoms with van der Waals surface area (Å²) in [4.78, 5) is 62.2. The summed E-state index contributed by atoms with van der Waals surface area (Å²) >= 11 is 6.05. The summed E-state index contributed by atoms with van der Waals surface area (Å²) in [6, 6.07) is 88.4. The number of carbonyl (C=O) groups is 5. The number of alkyl halides is 4. The van der Waals surface area contributed by atoms with Crippen molar-refractivity contribution in [2.45, 2.75) is 144 Å². The second kappa shape index (κ2) is 58.3. The molecule has 0 aliphatic rings. The number of hydrogen-bond donors (Lipinski definition) is 4. The number of halogens is 4. The molecule has 16 rings (SSSR count). The molecule has 0 aliphatic carbocycles. The fourth-order valence-corrected chi connectivity index (χ4v) is 16.4. The molecule has 0 unspecified atom stereocenters. The van der Waals surface area contributed by atoms with Gasteiger partial charge in [0.1, 0.15) is 94.8 Å². The van der Waals surface area contributed by atoms with Crippen molar-refractivity contribution in [3.8, 4) is 67.5 Å². The van der Waals surface area contributed by atoms with Crippen LogP contribution in [0.5, 0.6) is 23.0 Å². The van der Waals surface area contributed by atoms with Crippen LogP contribution in [0.4, 0.5) is 13.2 Å². The molecule has 7 N–H and O–H groups in total. The maximum absolute atomic E-state index is 12.0. The van der Waals surface area contributed by atoms with Gasteiger partial charge in [-0.25, -0.2) is 0 Å². The van der Waals surface area contributed by atoms with Crippen LogP contribution in [0.3, 0.4) is 0 Å². The fourth-order valence-electron chi connectivity index (χ4n) is 16.2. The third kappa shape index (κ3) is 35.1. The van der Waals surface area contributed by atoms with Crippen molar-refractivity contribution in [2.24, 2.45) is 11.5 Å². The first-order valence-corrected chi connectivity index (χ1v) is 48.6. The molecule has 0 aliphatic heterocycles. The Labute approximate surface area is 873 Å². The molecular weight excluding hydrogens is 1890 g/mol. The van der Waals surface area contributed by atoms with Crippen molar-refractivity contribution >= 4 is 85.6 Å². The number of nitrogens with one attached hydrogen (secondary N) is 1. The van der Waals surface area contributed by atoms with E-state index in [9.17, 15) is 37.5 Å². The van der Waals surface area contributed by atoms with E-state index in [1.807, 2.05) is 179 Å². The zero-order valence-electron chi connectivity index (χ0n) is 85.9. The zero-order valence-corrected chi connectivity index (χ0v) is 86.6. The Hall–Kier alpha value is -14.1. The predicted molar refractivity (Wildman–Crippen MR) is 567 cm³/mol. The number of fused-ring (bicyclic) bond motifs is 4. The molecule has 0 atom stereocenters. The second-order valence-corrected chi connectivity index (χ2v) is 35.4. The Balaban J connectivity index is 0.000000211. The monoisotopic (exact) mass is 2020 g/mol. The van der Waals surface area contributed by atoms with E-state index in [0.29, 0.717) is 107 Å². The molecule has 768 valence electrons. The molecule has 4 aromatic heterocycles. The first kappa shape index (κ1) is 117. The van der Waals surface area contributed by atoms with Gasteiger partial charge in [-0.3, -0.25) is 24.0 Å². The number of carboxylic acids is 1. The van der Waals surface area contributed by atoms with Gasteiger partial charge in [0.2, 0.25) is 6.29 Å². The topological polar surface area (TPSA) is 327 Å². The molecule has 24 nitrogen and oxygen atoms in total. The quantitative estimate of drug-likeness (QED) is 0.00918. The molecule has 0 radical (unpaired) electrons. The maximum Gasteiger partial charge on any atom is 1.00 e. The van der Waals surface area contributed by atoms with Crippen LogP contribution in [0.2, 0.25) is 0 Å². The minimum Gasteiger partial charge on any atom is -0.870 e. The van der Waals surface area contributed by atoms with Gasteiger partial charge in [0, 0.05) is 79.1 Å². The number of para-hydroxylation sites is 4. The van der Waals surface area contributed by atoms with Crippen molar-refractivity contribution in [2.75, 3.05) is 76.2 Å². The number of ether oxygens (including phenoxy) is 7. The number of carboxylic acid groups (broad SMARTS) is 1. The third-order valence-corrected chi connectivity index (χ3v) is 22.8. The fraction of sp³-hybridized carbons (Fsp3) is 0.280. The van der Waals surface area contributed by atoms with E-state index in [1.165, 1.54) is 11.1 Å². The van der Waals surface area contributed by atoms with Gasteiger partial charge >= 0.3 is 48.9 Å². The van der Waals surface area contributed by atoms with Crippen LogP contribution in [0.15, 0.2) is 285 Å². The number of furan rings is 4. The van der Waals surface area contributed by atoms with Crippen molar-refractivity contribution in [1.82, 2.24) is 20.0 Å². The number of aliphatic carboxylic acids is 1. The number of hydrogen-bond acceptors (Lipinski definition) is 23. The number of carbonyl (C=O) groups excluding carboxylic acids is 4. The van der Waals surface area contributed by atoms with Crippen LogP contribution >= 0.6 is 11.6 Å². The van der Waals surface area contributed by atoms with Crippen LogP contribution in [-0.2, 0) is 142 Å². The number of nitrogens with zero attached hydrogens (tertiary/aromatic N) is 3. The van der Waals surface area contributed by atoms with Gasteiger partial charge in [0.15, 0.2) is 0 Å². The Kier molecular flexibility index (Phi) is 46.2. The number of esters is 3. The van der Waals surface area contributed by atoms with E-state index >= 15 is 0 Å². The van der Waals surface area contributed by atoms with Crippen molar-refractivity contribution in [3.63, 3.8) is 0 Å². The summed E-state index contributed by atoms with van der Waals surface area (Å²) in [5.41, 5.74) is 35.3. The summed E-state index contributed by atoms with van der Waals surface area (Å²) < 4.78 is 96.1. The predicted octanol–water partition coefficient (Wildman–Crippen LogP) is 21.0. The SMILES string of the molecule is CCOC(=O)Cc1ccccc1OCc1cc(-c2cccc(CC)c2)c2oc(CCl)cc2c1.CCOC(=O)Cc1ccccc1OCc1cc(-c2cccc(CC)c2)c2oc(CN(C)C)cc2c1.CCOC(=O)Cc1ccccc1OCc1cc(-c2cccc(CN)c2)c2oc(CN(C)C)cc2c1.CN(C)Cc1cc2cc(COc3ccccc3CC(=O)O)cc(-c3cccc(CN)c3)c2o1.CNC.O=CC(F)(F)F.[Li+].[OH-]. The molecule has 0 amide bonds. The van der Waals surface area contributed by atoms with E-state index < -0.39 is 18.4 Å². The van der Waals surface area contributed by atoms with E-state index in [2.05, 4.69) is 173 Å². The third-order valence-electron chi connectivity index (χ3n) is 22.6. The molecule has 0 fully saturated rings. The number of aldehydes is 1. The summed E-state index contributed by atoms with van der Waals surface area (Å²) in [6.45, 7) is 15.3. The molecule has 0 spiro atoms. The Morgan fingerprint density at radius 3 is 0.850 bits per heavy atom. The summed E-state index contributed by atoms with van der Waals surface area (Å²) in [6.07, 6.45) is -3.30. The van der Waals surface area contributed by atoms with Crippen LogP contribution in [-0.4, -0.2) is 138 Å². The van der Waals surface area contributed by atoms with Crippen LogP contribution in [0, 0.1) is 0 Å². The average Bonchev–Trinajstić information content (AvgIpc) is 1.67. The standard InChI is InChI=1S/C30H33NO4.C29H32N2O4.C28H27ClO4.C27H28N2O4.C2HF3O.C2H7N.Li.H2O/c1-5-21-10-9-12-23(14-21)27-16-22(15-25-17-26(19-31(3)4)35-30(25)27)20-34-28-13-8-7-11-24(28)18-29(32)33-6-2;1-4-33-28(32)16-23-9-5-6-11-27(23)34-19-21-13-24-15-25(18-31(2)3)35-29(24)26(14-21)22-10-7-8-20(12-22)17-30;1-3-19-8-7-10-21(12-19)25-14-20(13-23-15-24(17-29)33-28(23)25)18-32-26-11-6-5-9-22(26)16-27(30)31-4-2;1-29(2)16-23-13-22-11-19(17-32-25-9-4-3-7-21(25)14-26(30)31)12-24(27(22)33-23)20-8-5-6-18(10-20)15-28;3-2(4,5)1-6;1-3-2;;/h7-17H,5-6,18-20H2,1-4H3;5-15H,4,16-19,30H2,1-3H3;5-15H,3-4,16-18H2,1-2H3;3-13H,14-17,28H2,1-2H3,(H,30,31);1H;3H,1-2H3;;1H2/q;;;;;;+1;/p-1. The minimum atomic E-state index is -4.64. The van der Waals surface area contributed by atoms with Gasteiger partial charge in [-0.2, -0.15) is 13.2 Å². The second-order valence-electron chi connectivity index (χ2n) is 35.1. The number of aryl methyl sites for hydroxylation is 2. The first-order valence-electron chi connectivity index (χ1n) is 48.1. The Morgan fingerprint density at radius 2 is 0.612 bits per heavy atom. The van der Waals surface area contributed by atoms with Gasteiger partial charge in [-0.15, -0.1) is 11.6 Å². The van der Waals surface area contributed by atoms with E-state index in [1.54, 1.807) is 26.0 Å². The molecule has 29 heteroatoms. The van der Waals surface area contributed by atoms with Gasteiger partial charge in [0.05, 0.1) is 71.0 Å². The first-order chi connectivity index (χ1) is 69.9. The summed E-state index contributed by atoms with van der Waals surface area (Å²) in [7, 11) is 15.9. The zero-order chi connectivity index (χ0) is 104. The van der Waals surface area contributed by atoms with E-state index in [4.69, 9.17) is 78.7 Å². The number of rotatable bonds is 38. The maximum atomic E-state index is 12.0. The van der Waals surface area contributed by atoms with Crippen LogP contribution in [0.25, 0.3) is 88.4 Å². The molecule has 0 saturated carbocycles. The molecular formula is C118H129ClF3LiN6O18. The Bertz CT molecular complexity index is 6790. The van der Waals surface area contributed by atoms with Crippen molar-refractivity contribution in [3.05, 3.63) is 357 Å². The molecule has 0 bridgehead atoms. The van der Waals surface area contributed by atoms with Gasteiger partial charge in [-0.1, -0.05) is 172 Å². The van der Waals surface area contributed by atoms with Crippen molar-refractivity contribution < 1.29 is 117 Å². The van der Waals surface area contributed by atoms with Crippen LogP contribution < -0.4 is 54.6 Å². The average molecular weight is 2020 g/mol. The summed E-state index contributed by atoms with van der Waals surface area (Å²) in [5.74, 6) is 4.71. The number of benzene rings is 12.